The molecule has 2 heterocycles. The summed E-state index contributed by atoms with van der Waals surface area (Å²) in [5.41, 5.74) is 0.676. The predicted molar refractivity (Wildman–Crippen MR) is 81.5 cm³/mol. The summed E-state index contributed by atoms with van der Waals surface area (Å²) in [6, 6.07) is 12.4. The van der Waals surface area contributed by atoms with Crippen LogP contribution in [-0.2, 0) is 16.1 Å². The molecular weight excluding hydrogens is 278 g/mol. The second-order valence-corrected chi connectivity index (χ2v) is 6.34. The molecule has 0 bridgehead atoms. The van der Waals surface area contributed by atoms with Crippen LogP contribution in [0, 0.1) is 16.7 Å². The molecule has 0 amide bonds. The second-order valence-electron chi connectivity index (χ2n) is 6.34. The molecular formula is C17H21N3O2. The molecule has 0 saturated carbocycles. The maximum Gasteiger partial charge on any atom is 0.323 e. The highest BCUT2D eigenvalue weighted by molar-refractivity contribution is 5.76. The average molecular weight is 299 g/mol. The summed E-state index contributed by atoms with van der Waals surface area (Å²) in [4.78, 5) is 16.5. The fraction of sp³-hybridized carbons (Fsp3) is 0.529. The Morgan fingerprint density at radius 2 is 2.14 bits per heavy atom. The van der Waals surface area contributed by atoms with Gasteiger partial charge < -0.3 is 4.74 Å². The molecule has 0 aliphatic carbocycles. The van der Waals surface area contributed by atoms with Crippen molar-refractivity contribution in [2.75, 3.05) is 20.2 Å². The van der Waals surface area contributed by atoms with Crippen LogP contribution in [0.1, 0.15) is 18.9 Å². The third-order valence-corrected chi connectivity index (χ3v) is 4.85. The van der Waals surface area contributed by atoms with Gasteiger partial charge in [0.05, 0.1) is 24.8 Å². The van der Waals surface area contributed by atoms with Gasteiger partial charge in [0.1, 0.15) is 6.04 Å². The Bertz CT molecular complexity index is 598. The monoisotopic (exact) mass is 299 g/mol. The van der Waals surface area contributed by atoms with E-state index in [1.165, 1.54) is 12.7 Å². The van der Waals surface area contributed by atoms with Gasteiger partial charge in [-0.1, -0.05) is 30.3 Å². The number of hydrogen-bond acceptors (Lipinski definition) is 5. The average Bonchev–Trinajstić information content (AvgIpc) is 3.09. The number of esters is 1. The minimum Gasteiger partial charge on any atom is -0.468 e. The molecule has 0 aromatic heterocycles. The van der Waals surface area contributed by atoms with E-state index in [1.807, 2.05) is 25.1 Å². The molecule has 1 aromatic rings. The Morgan fingerprint density at radius 1 is 1.41 bits per heavy atom. The van der Waals surface area contributed by atoms with Crippen molar-refractivity contribution in [2.45, 2.75) is 32.1 Å². The second kappa shape index (κ2) is 5.71. The van der Waals surface area contributed by atoms with Crippen molar-refractivity contribution in [2.24, 2.45) is 5.41 Å². The largest absolute Gasteiger partial charge is 0.468 e. The van der Waals surface area contributed by atoms with Gasteiger partial charge in [-0.25, -0.2) is 0 Å². The normalized spacial score (nSPS) is 31.7. The summed E-state index contributed by atoms with van der Waals surface area (Å²) in [7, 11) is 1.41. The molecule has 2 aliphatic rings. The third-order valence-electron chi connectivity index (χ3n) is 4.85. The Balaban J connectivity index is 1.85. The van der Waals surface area contributed by atoms with Gasteiger partial charge in [0, 0.05) is 19.6 Å². The number of carbonyl (C=O) groups excluding carboxylic acids is 1. The van der Waals surface area contributed by atoms with Crippen molar-refractivity contribution in [3.8, 4) is 6.07 Å². The molecule has 2 aliphatic heterocycles. The Morgan fingerprint density at radius 3 is 2.77 bits per heavy atom. The topological polar surface area (TPSA) is 56.6 Å². The van der Waals surface area contributed by atoms with Crippen LogP contribution in [0.5, 0.6) is 0 Å². The highest BCUT2D eigenvalue weighted by Crippen LogP contribution is 2.45. The molecule has 0 radical (unpaired) electrons. The van der Waals surface area contributed by atoms with Crippen molar-refractivity contribution in [3.05, 3.63) is 35.9 Å². The molecule has 5 heteroatoms. The van der Waals surface area contributed by atoms with E-state index in [4.69, 9.17) is 4.74 Å². The molecule has 116 valence electrons. The van der Waals surface area contributed by atoms with E-state index in [-0.39, 0.29) is 18.2 Å². The highest BCUT2D eigenvalue weighted by Gasteiger charge is 2.57. The van der Waals surface area contributed by atoms with Crippen molar-refractivity contribution in [1.29, 1.82) is 5.26 Å². The summed E-state index contributed by atoms with van der Waals surface area (Å²) in [5, 5.41) is 9.67. The molecule has 22 heavy (non-hydrogen) atoms. The van der Waals surface area contributed by atoms with Crippen LogP contribution in [0.3, 0.4) is 0 Å². The predicted octanol–water partition coefficient (Wildman–Crippen LogP) is 1.61. The number of benzene rings is 1. The van der Waals surface area contributed by atoms with Crippen LogP contribution in [0.15, 0.2) is 30.3 Å². The van der Waals surface area contributed by atoms with Gasteiger partial charge in [0.15, 0.2) is 0 Å². The van der Waals surface area contributed by atoms with Crippen LogP contribution in [0.4, 0.5) is 0 Å². The lowest BCUT2D eigenvalue weighted by Crippen LogP contribution is -2.45. The first-order chi connectivity index (χ1) is 10.6. The van der Waals surface area contributed by atoms with Crippen LogP contribution < -0.4 is 0 Å². The SMILES string of the molecule is COC(=O)C1CC(C)(C#N)C2N(Cc3ccccc3)CCN12. The molecule has 1 aromatic carbocycles. The number of methoxy groups -OCH3 is 1. The van der Waals surface area contributed by atoms with Crippen molar-refractivity contribution < 1.29 is 9.53 Å². The fourth-order valence-corrected chi connectivity index (χ4v) is 3.86. The first kappa shape index (κ1) is 15.0. The lowest BCUT2D eigenvalue weighted by Gasteiger charge is -2.32. The zero-order chi connectivity index (χ0) is 15.7. The lowest BCUT2D eigenvalue weighted by atomic mass is 9.86. The van der Waals surface area contributed by atoms with E-state index in [9.17, 15) is 10.1 Å². The van der Waals surface area contributed by atoms with Gasteiger partial charge in [-0.3, -0.25) is 14.6 Å². The Kier molecular flexibility index (Phi) is 3.90. The van der Waals surface area contributed by atoms with E-state index in [0.29, 0.717) is 6.42 Å². The van der Waals surface area contributed by atoms with E-state index in [1.54, 1.807) is 0 Å². The minimum atomic E-state index is -0.551. The number of hydrogen-bond donors (Lipinski definition) is 0. The summed E-state index contributed by atoms with van der Waals surface area (Å²) < 4.78 is 4.93. The number of nitriles is 1. The Labute approximate surface area is 131 Å². The summed E-state index contributed by atoms with van der Waals surface area (Å²) >= 11 is 0. The minimum absolute atomic E-state index is 0.0261. The number of ether oxygens (including phenoxy) is 1. The number of nitrogens with zero attached hydrogens (tertiary/aromatic N) is 3. The molecule has 5 nitrogen and oxygen atoms in total. The van der Waals surface area contributed by atoms with Crippen LogP contribution in [0.2, 0.25) is 0 Å². The maximum absolute atomic E-state index is 12.0. The Hall–Kier alpha value is -1.90. The van der Waals surface area contributed by atoms with Gasteiger partial charge in [-0.15, -0.1) is 0 Å². The van der Waals surface area contributed by atoms with Crippen LogP contribution >= 0.6 is 0 Å². The van der Waals surface area contributed by atoms with E-state index < -0.39 is 5.41 Å². The molecule has 2 fully saturated rings. The van der Waals surface area contributed by atoms with E-state index in [0.717, 1.165) is 19.6 Å². The van der Waals surface area contributed by atoms with Crippen molar-refractivity contribution in [3.63, 3.8) is 0 Å². The standard InChI is InChI=1S/C17H21N3O2/c1-17(12-18)10-14(15(21)22-2)20-9-8-19(16(17)20)11-13-6-4-3-5-7-13/h3-7,14,16H,8-11H2,1-2H3. The number of carbonyl (C=O) groups is 1. The van der Waals surface area contributed by atoms with E-state index in [2.05, 4.69) is 28.0 Å². The molecule has 0 N–H and O–H groups in total. The molecule has 3 rings (SSSR count). The van der Waals surface area contributed by atoms with Gasteiger partial charge >= 0.3 is 5.97 Å². The van der Waals surface area contributed by atoms with Crippen molar-refractivity contribution in [1.82, 2.24) is 9.80 Å². The number of rotatable bonds is 3. The van der Waals surface area contributed by atoms with Gasteiger partial charge in [0.25, 0.3) is 0 Å². The fourth-order valence-electron chi connectivity index (χ4n) is 3.86. The molecule has 2 saturated heterocycles. The highest BCUT2D eigenvalue weighted by atomic mass is 16.5. The van der Waals surface area contributed by atoms with Crippen LogP contribution in [-0.4, -0.2) is 48.2 Å². The molecule has 3 unspecified atom stereocenters. The smallest absolute Gasteiger partial charge is 0.323 e. The lowest BCUT2D eigenvalue weighted by molar-refractivity contribution is -0.146. The third kappa shape index (κ3) is 2.39. The van der Waals surface area contributed by atoms with Gasteiger partial charge in [-0.05, 0) is 18.9 Å². The summed E-state index contributed by atoms with van der Waals surface area (Å²) in [5.74, 6) is -0.231. The first-order valence-electron chi connectivity index (χ1n) is 7.62. The molecule has 3 atom stereocenters. The number of fused-ring (bicyclic) bond motifs is 1. The quantitative estimate of drug-likeness (QED) is 0.794. The van der Waals surface area contributed by atoms with E-state index >= 15 is 0 Å². The zero-order valence-electron chi connectivity index (χ0n) is 13.0. The first-order valence-corrected chi connectivity index (χ1v) is 7.62. The van der Waals surface area contributed by atoms with Gasteiger partial charge in [-0.2, -0.15) is 5.26 Å². The van der Waals surface area contributed by atoms with Crippen molar-refractivity contribution >= 4 is 5.97 Å². The van der Waals surface area contributed by atoms with Gasteiger partial charge in [0.2, 0.25) is 0 Å². The maximum atomic E-state index is 12.0. The zero-order valence-corrected chi connectivity index (χ0v) is 13.0. The molecule has 0 spiro atoms. The summed E-state index contributed by atoms with van der Waals surface area (Å²) in [6.07, 6.45) is 0.508. The van der Waals surface area contributed by atoms with Crippen LogP contribution in [0.25, 0.3) is 0 Å². The summed E-state index contributed by atoms with van der Waals surface area (Å²) in [6.45, 7) is 4.42.